The van der Waals surface area contributed by atoms with E-state index in [9.17, 15) is 4.79 Å². The second-order valence-corrected chi connectivity index (χ2v) is 6.49. The van der Waals surface area contributed by atoms with E-state index in [1.54, 1.807) is 42.6 Å². The van der Waals surface area contributed by atoms with Crippen molar-refractivity contribution in [2.75, 3.05) is 0 Å². The molecule has 1 atom stereocenters. The number of rotatable bonds is 2. The lowest BCUT2D eigenvalue weighted by Crippen LogP contribution is -2.73. The zero-order chi connectivity index (χ0) is 17.6. The predicted molar refractivity (Wildman–Crippen MR) is 95.2 cm³/mol. The third-order valence-electron chi connectivity index (χ3n) is 4.59. The second-order valence-electron chi connectivity index (χ2n) is 6.49. The molecule has 0 saturated carbocycles. The van der Waals surface area contributed by atoms with Crippen molar-refractivity contribution in [2.45, 2.75) is 13.8 Å². The van der Waals surface area contributed by atoms with Gasteiger partial charge in [-0.25, -0.2) is 0 Å². The molecule has 25 heavy (non-hydrogen) atoms. The molecule has 1 aliphatic rings. The summed E-state index contributed by atoms with van der Waals surface area (Å²) in [4.78, 5) is 13.0. The largest absolute Gasteiger partial charge is 0.704 e. The Kier molecular flexibility index (Phi) is 3.46. The first-order valence-electron chi connectivity index (χ1n) is 8.24. The third-order valence-corrected chi connectivity index (χ3v) is 4.59. The minimum Gasteiger partial charge on any atom is -0.624 e. The number of halogens is 1. The molecule has 1 aliphatic heterocycles. The van der Waals surface area contributed by atoms with Crippen LogP contribution in [0.1, 0.15) is 21.5 Å². The first-order valence-corrected chi connectivity index (χ1v) is 8.24. The highest BCUT2D eigenvalue weighted by Crippen LogP contribution is 2.34. The number of benzene rings is 2. The van der Waals surface area contributed by atoms with E-state index < -0.39 is 12.4 Å². The van der Waals surface area contributed by atoms with Gasteiger partial charge in [-0.15, -0.1) is 0 Å². The fourth-order valence-corrected chi connectivity index (χ4v) is 3.24. The van der Waals surface area contributed by atoms with Crippen LogP contribution in [-0.4, -0.2) is 12.4 Å². The average molecular weight is 333 g/mol. The molecule has 3 nitrogen and oxygen atoms in total. The Morgan fingerprint density at radius 1 is 0.960 bits per heavy atom. The van der Waals surface area contributed by atoms with Crippen LogP contribution in [0, 0.1) is 13.8 Å². The van der Waals surface area contributed by atoms with Gasteiger partial charge in [-0.05, 0) is 37.6 Å². The summed E-state index contributed by atoms with van der Waals surface area (Å²) in [6, 6.07) is 17.8. The van der Waals surface area contributed by atoms with Gasteiger partial charge in [0.25, 0.3) is 0 Å². The number of carbonyl (C=O) groups excluding carboxylic acids is 1. The Hall–Kier alpha value is -2.95. The van der Waals surface area contributed by atoms with Crippen molar-refractivity contribution in [3.8, 4) is 17.0 Å². The van der Waals surface area contributed by atoms with E-state index in [1.807, 2.05) is 38.1 Å². The van der Waals surface area contributed by atoms with Gasteiger partial charge < -0.3 is 18.2 Å². The Bertz CT molecular complexity index is 987. The van der Waals surface area contributed by atoms with Gasteiger partial charge in [-0.2, -0.15) is 0 Å². The second kappa shape index (κ2) is 5.55. The van der Waals surface area contributed by atoms with Crippen LogP contribution < -0.4 is 9.13 Å². The van der Waals surface area contributed by atoms with E-state index >= 15 is 4.32 Å². The fourth-order valence-electron chi connectivity index (χ4n) is 3.24. The van der Waals surface area contributed by atoms with Gasteiger partial charge in [0, 0.05) is 11.6 Å². The van der Waals surface area contributed by atoms with Crippen molar-refractivity contribution in [2.24, 2.45) is 0 Å². The standard InChI is InChI=1S/C20H17BFNO2/c1-14-7-10-16(11-8-14)20(24)21(22)23-13-15(2)9-12-18(23)17-5-3-4-6-19(17)25-21/h3-13H,1-2H3/t21-/m0/s1. The Morgan fingerprint density at radius 3 is 2.40 bits per heavy atom. The number of aromatic nitrogens is 1. The van der Waals surface area contributed by atoms with Crippen LogP contribution in [0.4, 0.5) is 4.32 Å². The maximum Gasteiger partial charge on any atom is 0.704 e. The van der Waals surface area contributed by atoms with E-state index in [1.165, 1.54) is 4.48 Å². The first-order chi connectivity index (χ1) is 12.0. The molecular weight excluding hydrogens is 316 g/mol. The van der Waals surface area contributed by atoms with Crippen LogP contribution >= 0.6 is 0 Å². The number of hydrogen-bond donors (Lipinski definition) is 0. The summed E-state index contributed by atoms with van der Waals surface area (Å²) in [5.41, 5.74) is 2.91. The molecule has 0 aliphatic carbocycles. The quantitative estimate of drug-likeness (QED) is 0.667. The lowest BCUT2D eigenvalue weighted by atomic mass is 9.65. The minimum absolute atomic E-state index is 0.299. The molecule has 0 saturated heterocycles. The Balaban J connectivity index is 1.92. The molecule has 3 aromatic rings. The molecule has 0 bridgehead atoms. The number of fused-ring (bicyclic) bond motifs is 3. The summed E-state index contributed by atoms with van der Waals surface area (Å²) in [6.45, 7) is 0.352. The summed E-state index contributed by atoms with van der Waals surface area (Å²) < 4.78 is 23.1. The number of nitrogens with zero attached hydrogens (tertiary/aromatic N) is 1. The smallest absolute Gasteiger partial charge is 0.624 e. The van der Waals surface area contributed by atoms with Crippen LogP contribution in [0.15, 0.2) is 66.9 Å². The van der Waals surface area contributed by atoms with Crippen molar-refractivity contribution in [3.05, 3.63) is 83.6 Å². The van der Waals surface area contributed by atoms with E-state index in [0.717, 1.165) is 16.7 Å². The molecule has 1 aromatic heterocycles. The Morgan fingerprint density at radius 2 is 1.64 bits per heavy atom. The number of carbonyl (C=O) groups is 1. The molecule has 0 radical (unpaired) electrons. The molecule has 2 aromatic carbocycles. The zero-order valence-electron chi connectivity index (χ0n) is 14.1. The SMILES string of the molecule is Cc1ccc(C(=O)[B@@-]2(F)Oc3ccccc3-c3ccc(C)c[n+]32)cc1. The average Bonchev–Trinajstić information content (AvgIpc) is 2.62. The molecule has 5 heteroatoms. The van der Waals surface area contributed by atoms with E-state index in [4.69, 9.17) is 4.65 Å². The molecule has 0 amide bonds. The van der Waals surface area contributed by atoms with Crippen LogP contribution in [-0.2, 0) is 0 Å². The van der Waals surface area contributed by atoms with Crippen molar-refractivity contribution < 1.29 is 18.2 Å². The molecule has 4 rings (SSSR count). The van der Waals surface area contributed by atoms with E-state index in [-0.39, 0.29) is 0 Å². The van der Waals surface area contributed by atoms with Crippen molar-refractivity contribution in [1.29, 1.82) is 0 Å². The van der Waals surface area contributed by atoms with Gasteiger partial charge in [0.15, 0.2) is 11.4 Å². The Labute approximate surface area is 145 Å². The van der Waals surface area contributed by atoms with Gasteiger partial charge in [-0.1, -0.05) is 42.0 Å². The van der Waals surface area contributed by atoms with Gasteiger partial charge >= 0.3 is 6.76 Å². The number of aryl methyl sites for hydroxylation is 2. The zero-order valence-corrected chi connectivity index (χ0v) is 14.1. The van der Waals surface area contributed by atoms with Gasteiger partial charge in [-0.3, -0.25) is 0 Å². The molecule has 2 heterocycles. The maximum atomic E-state index is 16.1. The molecule has 0 spiro atoms. The number of pyridine rings is 1. The third kappa shape index (κ3) is 2.43. The fraction of sp³-hybridized carbons (Fsp3) is 0.100. The van der Waals surface area contributed by atoms with Gasteiger partial charge in [0.1, 0.15) is 6.20 Å². The minimum atomic E-state index is -3.43. The first kappa shape index (κ1) is 15.6. The lowest BCUT2D eigenvalue weighted by molar-refractivity contribution is -0.555. The normalized spacial score (nSPS) is 18.0. The molecule has 124 valence electrons. The highest BCUT2D eigenvalue weighted by Gasteiger charge is 2.55. The van der Waals surface area contributed by atoms with E-state index in [0.29, 0.717) is 17.0 Å². The van der Waals surface area contributed by atoms with Crippen molar-refractivity contribution in [1.82, 2.24) is 0 Å². The van der Waals surface area contributed by atoms with Crippen LogP contribution in [0.5, 0.6) is 5.75 Å². The van der Waals surface area contributed by atoms with Crippen molar-refractivity contribution >= 4 is 12.4 Å². The highest BCUT2D eigenvalue weighted by atomic mass is 19.1. The van der Waals surface area contributed by atoms with Gasteiger partial charge in [0.2, 0.25) is 0 Å². The molecule has 0 fully saturated rings. The monoisotopic (exact) mass is 333 g/mol. The summed E-state index contributed by atoms with van der Waals surface area (Å²) in [5.74, 6) is 0.384. The highest BCUT2D eigenvalue weighted by molar-refractivity contribution is 6.93. The predicted octanol–water partition coefficient (Wildman–Crippen LogP) is 3.83. The summed E-state index contributed by atoms with van der Waals surface area (Å²) >= 11 is 0. The summed E-state index contributed by atoms with van der Waals surface area (Å²) in [6.07, 6.45) is 1.64. The van der Waals surface area contributed by atoms with Crippen LogP contribution in [0.3, 0.4) is 0 Å². The molecule has 0 unspecified atom stereocenters. The van der Waals surface area contributed by atoms with Crippen LogP contribution in [0.2, 0.25) is 0 Å². The maximum absolute atomic E-state index is 16.1. The molecular formula is C20H17BFNO2. The van der Waals surface area contributed by atoms with Crippen molar-refractivity contribution in [3.63, 3.8) is 0 Å². The number of para-hydroxylation sites is 1. The lowest BCUT2D eigenvalue weighted by Gasteiger charge is -2.34. The summed E-state index contributed by atoms with van der Waals surface area (Å²) in [7, 11) is 0. The number of hydrogen-bond acceptors (Lipinski definition) is 2. The van der Waals surface area contributed by atoms with Gasteiger partial charge in [0.05, 0.1) is 11.3 Å². The summed E-state index contributed by atoms with van der Waals surface area (Å²) in [5, 5.41) is 0. The van der Waals surface area contributed by atoms with Crippen LogP contribution in [0.25, 0.3) is 11.3 Å². The topological polar surface area (TPSA) is 30.2 Å². The van der Waals surface area contributed by atoms with E-state index in [2.05, 4.69) is 0 Å². The molecule has 0 N–H and O–H groups in total.